The monoisotopic (exact) mass is 562 g/mol. The summed E-state index contributed by atoms with van der Waals surface area (Å²) in [5.41, 5.74) is 3.55. The van der Waals surface area contributed by atoms with E-state index >= 15 is 0 Å². The van der Waals surface area contributed by atoms with Gasteiger partial charge in [0.05, 0.1) is 23.4 Å². The quantitative estimate of drug-likeness (QED) is 0.320. The number of halogens is 1. The lowest BCUT2D eigenvalue weighted by Gasteiger charge is -2.32. The van der Waals surface area contributed by atoms with Crippen LogP contribution >= 0.6 is 11.3 Å². The number of hydrogen-bond acceptors (Lipinski definition) is 9. The van der Waals surface area contributed by atoms with E-state index in [1.807, 2.05) is 18.2 Å². The van der Waals surface area contributed by atoms with Gasteiger partial charge in [0.15, 0.2) is 0 Å². The van der Waals surface area contributed by atoms with E-state index in [0.717, 1.165) is 72.1 Å². The topological polar surface area (TPSA) is 126 Å². The Balaban J connectivity index is 1.08. The Labute approximate surface area is 233 Å². The Morgan fingerprint density at radius 1 is 1.23 bits per heavy atom. The fourth-order valence-electron chi connectivity index (χ4n) is 5.15. The van der Waals surface area contributed by atoms with Crippen molar-refractivity contribution in [1.82, 2.24) is 24.7 Å². The van der Waals surface area contributed by atoms with E-state index in [1.165, 1.54) is 10.7 Å². The Morgan fingerprint density at radius 2 is 2.05 bits per heavy atom. The molecule has 1 N–H and O–H groups in total. The van der Waals surface area contributed by atoms with Gasteiger partial charge in [-0.05, 0) is 50.6 Å². The highest BCUT2D eigenvalue weighted by Crippen LogP contribution is 2.31. The van der Waals surface area contributed by atoms with E-state index in [0.29, 0.717) is 24.4 Å². The smallest absolute Gasteiger partial charge is 0.367 e. The third kappa shape index (κ3) is 5.54. The third-order valence-corrected chi connectivity index (χ3v) is 8.53. The molecule has 10 nitrogen and oxygen atoms in total. The number of carboxylic acid groups (broad SMARTS) is 1. The number of carboxylic acids is 1. The van der Waals surface area contributed by atoms with Crippen LogP contribution in [0.1, 0.15) is 63.1 Å². The molecule has 0 bridgehead atoms. The van der Waals surface area contributed by atoms with E-state index in [9.17, 15) is 14.3 Å². The van der Waals surface area contributed by atoms with Gasteiger partial charge >= 0.3 is 5.97 Å². The molecule has 2 fully saturated rings. The van der Waals surface area contributed by atoms with Crippen molar-refractivity contribution in [2.45, 2.75) is 50.9 Å². The molecule has 1 unspecified atom stereocenters. The summed E-state index contributed by atoms with van der Waals surface area (Å²) in [6, 6.07) is 11.9. The van der Waals surface area contributed by atoms with Gasteiger partial charge in [0.1, 0.15) is 17.3 Å². The van der Waals surface area contributed by atoms with Crippen molar-refractivity contribution in [3.63, 3.8) is 0 Å². The molecule has 0 saturated carbocycles. The van der Waals surface area contributed by atoms with Crippen LogP contribution in [0.4, 0.5) is 4.39 Å². The molecule has 0 aliphatic carbocycles. The maximum Gasteiger partial charge on any atom is 0.367 e. The molecule has 5 heterocycles. The van der Waals surface area contributed by atoms with Crippen molar-refractivity contribution in [3.05, 3.63) is 75.3 Å². The van der Waals surface area contributed by atoms with Gasteiger partial charge in [-0.15, -0.1) is 9.73 Å². The number of nitrogens with zero attached hydrogens (tertiary/aromatic N) is 6. The molecule has 1 aromatic carbocycles. The normalized spacial score (nSPS) is 17.9. The number of ether oxygens (including phenoxy) is 2. The molecule has 6 rings (SSSR count). The van der Waals surface area contributed by atoms with Gasteiger partial charge in [0, 0.05) is 48.4 Å². The molecule has 2 saturated heterocycles. The van der Waals surface area contributed by atoms with Gasteiger partial charge < -0.3 is 14.6 Å². The number of nitriles is 1. The highest BCUT2D eigenvalue weighted by Gasteiger charge is 2.28. The summed E-state index contributed by atoms with van der Waals surface area (Å²) in [5, 5.41) is 27.1. The number of hydrogen-bond donors (Lipinski definition) is 1. The lowest BCUT2D eigenvalue weighted by Crippen LogP contribution is -2.33. The maximum absolute atomic E-state index is 14.2. The van der Waals surface area contributed by atoms with E-state index in [1.54, 1.807) is 18.2 Å². The summed E-state index contributed by atoms with van der Waals surface area (Å²) in [5.74, 6) is -0.798. The number of benzene rings is 1. The number of aromatic nitrogens is 4. The zero-order valence-corrected chi connectivity index (χ0v) is 22.4. The first-order valence-electron chi connectivity index (χ1n) is 13.2. The van der Waals surface area contributed by atoms with Crippen LogP contribution in [0.2, 0.25) is 0 Å². The molecule has 206 valence electrons. The van der Waals surface area contributed by atoms with E-state index in [-0.39, 0.29) is 29.2 Å². The summed E-state index contributed by atoms with van der Waals surface area (Å²) in [7, 11) is 0. The number of fused-ring (bicyclic) bond motifs is 1. The molecular formula is C28H27FN6O4S. The zero-order valence-electron chi connectivity index (χ0n) is 21.6. The minimum Gasteiger partial charge on any atom is -0.476 e. The summed E-state index contributed by atoms with van der Waals surface area (Å²) in [6.07, 6.45) is 3.68. The van der Waals surface area contributed by atoms with Crippen molar-refractivity contribution >= 4 is 22.1 Å². The average Bonchev–Trinajstić information content (AvgIpc) is 3.49. The second-order valence-electron chi connectivity index (χ2n) is 10.1. The van der Waals surface area contributed by atoms with Crippen molar-refractivity contribution in [3.8, 4) is 11.9 Å². The van der Waals surface area contributed by atoms with Crippen molar-refractivity contribution in [1.29, 1.82) is 5.26 Å². The Hall–Kier alpha value is -3.92. The molecule has 0 radical (unpaired) electrons. The summed E-state index contributed by atoms with van der Waals surface area (Å²) in [4.78, 5) is 19.2. The number of pyridine rings is 1. The number of likely N-dealkylation sites (tertiary alicyclic amines) is 1. The Kier molecular flexibility index (Phi) is 7.42. The fourth-order valence-corrected chi connectivity index (χ4v) is 6.02. The molecular weight excluding hydrogens is 535 g/mol. The van der Waals surface area contributed by atoms with Crippen molar-refractivity contribution < 1.29 is 23.8 Å². The highest BCUT2D eigenvalue weighted by atomic mass is 32.1. The number of rotatable bonds is 9. The molecule has 40 heavy (non-hydrogen) atoms. The van der Waals surface area contributed by atoms with Crippen LogP contribution < -0.4 is 4.74 Å². The number of carbonyl (C=O) groups is 1. The first kappa shape index (κ1) is 26.3. The van der Waals surface area contributed by atoms with Gasteiger partial charge in [0.25, 0.3) is 0 Å². The lowest BCUT2D eigenvalue weighted by atomic mass is 9.93. The molecule has 3 aromatic heterocycles. The van der Waals surface area contributed by atoms with E-state index < -0.39 is 11.8 Å². The van der Waals surface area contributed by atoms with Crippen molar-refractivity contribution in [2.24, 2.45) is 0 Å². The van der Waals surface area contributed by atoms with E-state index in [4.69, 9.17) is 19.7 Å². The van der Waals surface area contributed by atoms with E-state index in [2.05, 4.69) is 15.1 Å². The first-order chi connectivity index (χ1) is 19.5. The second-order valence-corrected chi connectivity index (χ2v) is 11.1. The van der Waals surface area contributed by atoms with Crippen LogP contribution in [0.5, 0.6) is 5.88 Å². The van der Waals surface area contributed by atoms with Crippen LogP contribution in [0.25, 0.3) is 4.83 Å². The van der Waals surface area contributed by atoms with Gasteiger partial charge in [0.2, 0.25) is 10.9 Å². The Morgan fingerprint density at radius 3 is 2.75 bits per heavy atom. The second kappa shape index (κ2) is 11.3. The van der Waals surface area contributed by atoms with Crippen LogP contribution in [0.15, 0.2) is 36.4 Å². The van der Waals surface area contributed by atoms with Gasteiger partial charge in [-0.1, -0.05) is 23.5 Å². The minimum absolute atomic E-state index is 0.0333. The lowest BCUT2D eigenvalue weighted by molar-refractivity contribution is -0.0491. The highest BCUT2D eigenvalue weighted by molar-refractivity contribution is 7.18. The largest absolute Gasteiger partial charge is 0.476 e. The Bertz CT molecular complexity index is 1590. The molecule has 0 spiro atoms. The first-order valence-corrected chi connectivity index (χ1v) is 14.0. The fraction of sp³-hybridized carbons (Fsp3) is 0.393. The standard InChI is InChI=1S/C28H27FN6O4S/c29-22-12-17(14-30)4-5-19(22)16-39-25-3-1-2-23(31-25)18-6-9-34(10-7-18)15-24-21(13-20-8-11-38-20)27-35(32-24)33-26(40-27)28(36)37/h1-5,12,18,20H,6-11,13,15-16H2,(H,36,37). The van der Waals surface area contributed by atoms with Crippen LogP contribution in [0, 0.1) is 17.1 Å². The SMILES string of the molecule is N#Cc1ccc(COc2cccc(C3CCN(Cc4nn5nc(C(=O)O)sc5c4CC4CCO4)CC3)n2)c(F)c1. The number of piperidine rings is 1. The maximum atomic E-state index is 14.2. The molecule has 0 amide bonds. The summed E-state index contributed by atoms with van der Waals surface area (Å²) >= 11 is 1.16. The molecule has 1 atom stereocenters. The predicted octanol–water partition coefficient (Wildman–Crippen LogP) is 4.18. The molecule has 4 aromatic rings. The van der Waals surface area contributed by atoms with Crippen molar-refractivity contribution in [2.75, 3.05) is 19.7 Å². The van der Waals surface area contributed by atoms with Crippen LogP contribution in [0.3, 0.4) is 0 Å². The van der Waals surface area contributed by atoms with Crippen LogP contribution in [-0.2, 0) is 24.3 Å². The predicted molar refractivity (Wildman–Crippen MR) is 143 cm³/mol. The average molecular weight is 563 g/mol. The molecule has 2 aliphatic rings. The van der Waals surface area contributed by atoms with Crippen LogP contribution in [-0.4, -0.2) is 61.6 Å². The number of aromatic carboxylic acids is 1. The van der Waals surface area contributed by atoms with Gasteiger partial charge in [-0.25, -0.2) is 14.2 Å². The zero-order chi connectivity index (χ0) is 27.6. The summed E-state index contributed by atoms with van der Waals surface area (Å²) < 4.78 is 27.1. The summed E-state index contributed by atoms with van der Waals surface area (Å²) in [6.45, 7) is 3.19. The third-order valence-electron chi connectivity index (χ3n) is 7.47. The minimum atomic E-state index is -1.05. The van der Waals surface area contributed by atoms with Gasteiger partial charge in [-0.2, -0.15) is 10.4 Å². The molecule has 12 heteroatoms. The molecule has 2 aliphatic heterocycles. The van der Waals surface area contributed by atoms with Gasteiger partial charge in [-0.3, -0.25) is 4.90 Å².